The first-order valence-electron chi connectivity index (χ1n) is 5.87. The highest BCUT2D eigenvalue weighted by atomic mass is 32.2. The van der Waals surface area contributed by atoms with E-state index in [-0.39, 0.29) is 17.0 Å². The first-order chi connectivity index (χ1) is 8.65. The molecule has 0 aliphatic carbocycles. The quantitative estimate of drug-likeness (QED) is 0.507. The highest BCUT2D eigenvalue weighted by Crippen LogP contribution is 2.26. The minimum absolute atomic E-state index is 0.0932. The van der Waals surface area contributed by atoms with Gasteiger partial charge < -0.3 is 10.4 Å². The lowest BCUT2D eigenvalue weighted by Gasteiger charge is -2.24. The van der Waals surface area contributed by atoms with E-state index in [4.69, 9.17) is 5.11 Å². The van der Waals surface area contributed by atoms with Crippen LogP contribution >= 0.6 is 24.4 Å². The van der Waals surface area contributed by atoms with Gasteiger partial charge in [0.1, 0.15) is 0 Å². The third-order valence-electron chi connectivity index (χ3n) is 2.62. The van der Waals surface area contributed by atoms with E-state index in [1.165, 1.54) is 17.3 Å². The van der Waals surface area contributed by atoms with Crippen LogP contribution in [0.5, 0.6) is 0 Å². The van der Waals surface area contributed by atoms with Crippen LogP contribution in [0.25, 0.3) is 0 Å². The van der Waals surface area contributed by atoms with Crippen molar-refractivity contribution in [1.29, 1.82) is 0 Å². The summed E-state index contributed by atoms with van der Waals surface area (Å²) in [5.41, 5.74) is 1.21. The van der Waals surface area contributed by atoms with Crippen molar-refractivity contribution in [2.24, 2.45) is 0 Å². The van der Waals surface area contributed by atoms with E-state index >= 15 is 0 Å². The molecule has 100 valence electrons. The topological polar surface area (TPSA) is 49.3 Å². The van der Waals surface area contributed by atoms with Gasteiger partial charge >= 0.3 is 5.97 Å². The molecule has 0 spiro atoms. The Morgan fingerprint density at radius 3 is 2.67 bits per heavy atom. The van der Waals surface area contributed by atoms with E-state index in [0.717, 1.165) is 12.3 Å². The van der Waals surface area contributed by atoms with Crippen LogP contribution in [0.2, 0.25) is 0 Å². The largest absolute Gasteiger partial charge is 0.481 e. The minimum Gasteiger partial charge on any atom is -0.481 e. The van der Waals surface area contributed by atoms with Gasteiger partial charge in [-0.3, -0.25) is 4.79 Å². The first kappa shape index (κ1) is 15.4. The van der Waals surface area contributed by atoms with Crippen molar-refractivity contribution < 1.29 is 9.90 Å². The van der Waals surface area contributed by atoms with Gasteiger partial charge in [-0.2, -0.15) is 12.6 Å². The number of nitrogens with one attached hydrogen (secondary N) is 1. The van der Waals surface area contributed by atoms with Gasteiger partial charge in [0.05, 0.1) is 11.1 Å². The van der Waals surface area contributed by atoms with Gasteiger partial charge in [0.2, 0.25) is 0 Å². The molecule has 1 rings (SSSR count). The van der Waals surface area contributed by atoms with E-state index in [1.807, 2.05) is 18.2 Å². The number of benzene rings is 1. The zero-order chi connectivity index (χ0) is 13.4. The standard InChI is InChI=1S/C13H19NO2S2/c1-10(11-5-3-2-4-6-11)13(14-7-8-17)18-9-12(15)16/h2-6,10,13-14,17H,7-9H2,1H3,(H,15,16). The molecular weight excluding hydrogens is 266 g/mol. The Kier molecular flexibility index (Phi) is 7.23. The van der Waals surface area contributed by atoms with Crippen molar-refractivity contribution in [2.75, 3.05) is 18.1 Å². The molecule has 1 aromatic carbocycles. The van der Waals surface area contributed by atoms with Crippen molar-refractivity contribution >= 4 is 30.4 Å². The fourth-order valence-corrected chi connectivity index (χ4v) is 2.81. The molecule has 0 amide bonds. The molecule has 0 aromatic heterocycles. The Morgan fingerprint density at radius 2 is 2.11 bits per heavy atom. The zero-order valence-electron chi connectivity index (χ0n) is 10.4. The Bertz CT molecular complexity index is 359. The summed E-state index contributed by atoms with van der Waals surface area (Å²) in [6.07, 6.45) is 0. The molecule has 1 aromatic rings. The van der Waals surface area contributed by atoms with Crippen LogP contribution in [-0.2, 0) is 4.79 Å². The summed E-state index contributed by atoms with van der Waals surface area (Å²) >= 11 is 5.60. The number of aliphatic carboxylic acids is 1. The Labute approximate surface area is 118 Å². The van der Waals surface area contributed by atoms with E-state index in [0.29, 0.717) is 0 Å². The molecule has 5 heteroatoms. The van der Waals surface area contributed by atoms with Crippen LogP contribution in [0.1, 0.15) is 18.4 Å². The van der Waals surface area contributed by atoms with Gasteiger partial charge in [0.25, 0.3) is 0 Å². The SMILES string of the molecule is CC(c1ccccc1)C(NCCS)SCC(=O)O. The Balaban J connectivity index is 2.65. The molecule has 0 saturated heterocycles. The highest BCUT2D eigenvalue weighted by molar-refractivity contribution is 8.00. The van der Waals surface area contributed by atoms with E-state index in [2.05, 4.69) is 37.0 Å². The van der Waals surface area contributed by atoms with E-state index < -0.39 is 5.97 Å². The van der Waals surface area contributed by atoms with Crippen LogP contribution in [-0.4, -0.2) is 34.5 Å². The minimum atomic E-state index is -0.780. The first-order valence-corrected chi connectivity index (χ1v) is 7.56. The van der Waals surface area contributed by atoms with Gasteiger partial charge in [-0.15, -0.1) is 11.8 Å². The van der Waals surface area contributed by atoms with Gasteiger partial charge in [0, 0.05) is 18.2 Å². The second-order valence-electron chi connectivity index (χ2n) is 4.00. The lowest BCUT2D eigenvalue weighted by Crippen LogP contribution is -2.33. The average molecular weight is 285 g/mol. The predicted molar refractivity (Wildman–Crippen MR) is 80.6 cm³/mol. The summed E-state index contributed by atoms with van der Waals surface area (Å²) in [7, 11) is 0. The molecule has 0 aliphatic rings. The van der Waals surface area contributed by atoms with Crippen LogP contribution in [0.3, 0.4) is 0 Å². The van der Waals surface area contributed by atoms with Crippen LogP contribution < -0.4 is 5.32 Å². The zero-order valence-corrected chi connectivity index (χ0v) is 12.1. The number of hydrogen-bond acceptors (Lipinski definition) is 4. The average Bonchev–Trinajstić information content (AvgIpc) is 2.39. The van der Waals surface area contributed by atoms with E-state index in [1.54, 1.807) is 0 Å². The number of thioether (sulfide) groups is 1. The monoisotopic (exact) mass is 285 g/mol. The van der Waals surface area contributed by atoms with Crippen LogP contribution in [0.4, 0.5) is 0 Å². The van der Waals surface area contributed by atoms with Gasteiger partial charge in [-0.05, 0) is 5.56 Å². The second kappa shape index (κ2) is 8.45. The summed E-state index contributed by atoms with van der Waals surface area (Å²) < 4.78 is 0. The van der Waals surface area contributed by atoms with Crippen LogP contribution in [0.15, 0.2) is 30.3 Å². The van der Waals surface area contributed by atoms with Crippen LogP contribution in [0, 0.1) is 0 Å². The predicted octanol–water partition coefficient (Wildman–Crippen LogP) is 2.45. The Morgan fingerprint density at radius 1 is 1.44 bits per heavy atom. The van der Waals surface area contributed by atoms with Gasteiger partial charge in [-0.1, -0.05) is 37.3 Å². The molecule has 2 atom stereocenters. The molecule has 2 N–H and O–H groups in total. The van der Waals surface area contributed by atoms with Crippen molar-refractivity contribution in [3.8, 4) is 0 Å². The second-order valence-corrected chi connectivity index (χ2v) is 5.58. The van der Waals surface area contributed by atoms with Crippen molar-refractivity contribution in [1.82, 2.24) is 5.32 Å². The maximum absolute atomic E-state index is 10.7. The summed E-state index contributed by atoms with van der Waals surface area (Å²) in [4.78, 5) is 10.7. The normalized spacial score (nSPS) is 14.1. The molecule has 0 bridgehead atoms. The number of rotatable bonds is 8. The number of carboxylic acids is 1. The fourth-order valence-electron chi connectivity index (χ4n) is 1.68. The molecule has 0 fully saturated rings. The number of carbonyl (C=O) groups is 1. The molecule has 0 heterocycles. The molecular formula is C13H19NO2S2. The molecule has 0 saturated carbocycles. The summed E-state index contributed by atoms with van der Waals surface area (Å²) in [5, 5.41) is 12.2. The van der Waals surface area contributed by atoms with Crippen molar-refractivity contribution in [2.45, 2.75) is 18.2 Å². The van der Waals surface area contributed by atoms with Gasteiger partial charge in [0.15, 0.2) is 0 Å². The number of carboxylic acid groups (broad SMARTS) is 1. The smallest absolute Gasteiger partial charge is 0.313 e. The summed E-state index contributed by atoms with van der Waals surface area (Å²) in [5.74, 6) is 0.334. The third-order valence-corrected chi connectivity index (χ3v) is 4.19. The van der Waals surface area contributed by atoms with Crippen molar-refractivity contribution in [3.63, 3.8) is 0 Å². The maximum Gasteiger partial charge on any atom is 0.313 e. The molecule has 18 heavy (non-hydrogen) atoms. The lowest BCUT2D eigenvalue weighted by molar-refractivity contribution is -0.133. The van der Waals surface area contributed by atoms with Gasteiger partial charge in [-0.25, -0.2) is 0 Å². The summed E-state index contributed by atoms with van der Waals surface area (Å²) in [6, 6.07) is 10.1. The maximum atomic E-state index is 10.7. The molecule has 0 aliphatic heterocycles. The summed E-state index contributed by atoms with van der Waals surface area (Å²) in [6.45, 7) is 2.89. The highest BCUT2D eigenvalue weighted by Gasteiger charge is 2.19. The molecule has 0 radical (unpaired) electrons. The molecule has 2 unspecified atom stereocenters. The fraction of sp³-hybridized carbons (Fsp3) is 0.462. The van der Waals surface area contributed by atoms with E-state index in [9.17, 15) is 4.79 Å². The Hall–Kier alpha value is -0.650. The van der Waals surface area contributed by atoms with Crippen molar-refractivity contribution in [3.05, 3.63) is 35.9 Å². The number of thiol groups is 1. The molecule has 3 nitrogen and oxygen atoms in total. The number of hydrogen-bond donors (Lipinski definition) is 3. The third kappa shape index (κ3) is 5.33. The lowest BCUT2D eigenvalue weighted by atomic mass is 10.0.